The Morgan fingerprint density at radius 1 is 1.08 bits per heavy atom. The molecule has 2 heterocycles. The summed E-state index contributed by atoms with van der Waals surface area (Å²) in [5.41, 5.74) is 2.94. The summed E-state index contributed by atoms with van der Waals surface area (Å²) in [6, 6.07) is 20.0. The highest BCUT2D eigenvalue weighted by atomic mass is 35.5. The molecule has 1 aromatic heterocycles. The van der Waals surface area contributed by atoms with Gasteiger partial charge in [0.05, 0.1) is 18.7 Å². The second-order valence-corrected chi connectivity index (χ2v) is 10.4. The van der Waals surface area contributed by atoms with E-state index in [4.69, 9.17) is 16.0 Å². The summed E-state index contributed by atoms with van der Waals surface area (Å²) < 4.78 is 19.3. The first-order valence-electron chi connectivity index (χ1n) is 13.1. The highest BCUT2D eigenvalue weighted by Gasteiger charge is 2.48. The Morgan fingerprint density at radius 3 is 2.56 bits per heavy atom. The van der Waals surface area contributed by atoms with Crippen molar-refractivity contribution in [2.75, 3.05) is 24.5 Å². The molecule has 0 spiro atoms. The smallest absolute Gasteiger partial charge is 0.309 e. The predicted molar refractivity (Wildman–Crippen MR) is 150 cm³/mol. The Morgan fingerprint density at radius 2 is 1.85 bits per heavy atom. The van der Waals surface area contributed by atoms with Gasteiger partial charge in [-0.1, -0.05) is 49.2 Å². The molecule has 3 atom stereocenters. The fraction of sp³-hybridized carbons (Fsp3) is 0.290. The number of halogens is 2. The van der Waals surface area contributed by atoms with E-state index in [1.54, 1.807) is 35.4 Å². The van der Waals surface area contributed by atoms with Gasteiger partial charge in [-0.3, -0.25) is 14.5 Å². The SMILES string of the molecule is CCCCN(C(=O)CN1C[C@H](c2ccc3occc3c2)[C@H](C(=O)O)[C@H]1c1ccc(F)cc1)c1cccc(Cl)c1. The number of nitrogens with zero attached hydrogens (tertiary/aromatic N) is 2. The summed E-state index contributed by atoms with van der Waals surface area (Å²) in [6.45, 7) is 2.94. The third-order valence-corrected chi connectivity index (χ3v) is 7.73. The number of furan rings is 1. The van der Waals surface area contributed by atoms with E-state index in [9.17, 15) is 19.1 Å². The summed E-state index contributed by atoms with van der Waals surface area (Å²) in [5, 5.41) is 11.9. The molecule has 8 heteroatoms. The van der Waals surface area contributed by atoms with Crippen molar-refractivity contribution in [3.8, 4) is 0 Å². The summed E-state index contributed by atoms with van der Waals surface area (Å²) in [6.07, 6.45) is 3.32. The van der Waals surface area contributed by atoms with Crippen LogP contribution in [0.5, 0.6) is 0 Å². The topological polar surface area (TPSA) is 74.0 Å². The van der Waals surface area contributed by atoms with Gasteiger partial charge in [0.15, 0.2) is 0 Å². The minimum Gasteiger partial charge on any atom is -0.481 e. The van der Waals surface area contributed by atoms with Gasteiger partial charge in [0.2, 0.25) is 5.91 Å². The Bertz CT molecular complexity index is 1470. The Hall–Kier alpha value is -3.68. The van der Waals surface area contributed by atoms with Gasteiger partial charge < -0.3 is 14.4 Å². The first-order chi connectivity index (χ1) is 18.9. The zero-order valence-electron chi connectivity index (χ0n) is 21.6. The first kappa shape index (κ1) is 26.9. The molecule has 4 aromatic rings. The standard InChI is InChI=1S/C31H30ClFN2O4/c1-2-3-14-35(25-6-4-5-23(32)17-25)28(36)19-34-18-26(21-9-12-27-22(16-21)13-15-39-27)29(31(37)38)30(34)20-7-10-24(33)11-8-20/h4-13,15-17,26,29-30H,2-3,14,18-19H2,1H3,(H,37,38)/t26-,29+,30-/m1/s1. The van der Waals surface area contributed by atoms with Gasteiger partial charge in [-0.25, -0.2) is 4.39 Å². The quantitative estimate of drug-likeness (QED) is 0.246. The van der Waals surface area contributed by atoms with Crippen LogP contribution in [0.2, 0.25) is 5.02 Å². The average molecular weight is 549 g/mol. The molecule has 0 bridgehead atoms. The van der Waals surface area contributed by atoms with Crippen LogP contribution in [0.25, 0.3) is 11.0 Å². The lowest BCUT2D eigenvalue weighted by Crippen LogP contribution is -2.41. The molecule has 1 N–H and O–H groups in total. The van der Waals surface area contributed by atoms with Crippen LogP contribution in [0, 0.1) is 11.7 Å². The molecule has 6 nitrogen and oxygen atoms in total. The number of carboxylic acids is 1. The molecule has 1 fully saturated rings. The van der Waals surface area contributed by atoms with Crippen molar-refractivity contribution >= 4 is 40.1 Å². The molecule has 39 heavy (non-hydrogen) atoms. The Balaban J connectivity index is 1.52. The van der Waals surface area contributed by atoms with Crippen LogP contribution >= 0.6 is 11.6 Å². The number of anilines is 1. The van der Waals surface area contributed by atoms with Crippen LogP contribution in [-0.2, 0) is 9.59 Å². The van der Waals surface area contributed by atoms with Gasteiger partial charge in [0.1, 0.15) is 11.4 Å². The lowest BCUT2D eigenvalue weighted by Gasteiger charge is -2.30. The van der Waals surface area contributed by atoms with Crippen LogP contribution in [0.15, 0.2) is 83.5 Å². The Labute approximate surface area is 231 Å². The first-order valence-corrected chi connectivity index (χ1v) is 13.5. The maximum Gasteiger partial charge on any atom is 0.309 e. The van der Waals surface area contributed by atoms with Crippen molar-refractivity contribution in [2.45, 2.75) is 31.7 Å². The maximum absolute atomic E-state index is 13.8. The van der Waals surface area contributed by atoms with Gasteiger partial charge in [0, 0.05) is 41.1 Å². The summed E-state index contributed by atoms with van der Waals surface area (Å²) in [4.78, 5) is 30.3. The number of carbonyl (C=O) groups excluding carboxylic acids is 1. The van der Waals surface area contributed by atoms with Crippen molar-refractivity contribution in [3.05, 3.63) is 101 Å². The molecule has 0 aliphatic carbocycles. The molecule has 1 aliphatic rings. The number of fused-ring (bicyclic) bond motifs is 1. The fourth-order valence-electron chi connectivity index (χ4n) is 5.62. The molecule has 5 rings (SSSR count). The minimum atomic E-state index is -0.964. The maximum atomic E-state index is 13.8. The molecular formula is C31H30ClFN2O4. The van der Waals surface area contributed by atoms with Crippen molar-refractivity contribution < 1.29 is 23.5 Å². The van der Waals surface area contributed by atoms with Crippen LogP contribution in [0.4, 0.5) is 10.1 Å². The zero-order chi connectivity index (χ0) is 27.5. The van der Waals surface area contributed by atoms with E-state index < -0.39 is 23.7 Å². The second-order valence-electron chi connectivity index (χ2n) is 9.99. The molecule has 202 valence electrons. The number of likely N-dealkylation sites (tertiary alicyclic amines) is 1. The van der Waals surface area contributed by atoms with Gasteiger partial charge in [-0.2, -0.15) is 0 Å². The number of aliphatic carboxylic acids is 1. The summed E-state index contributed by atoms with van der Waals surface area (Å²) in [5.74, 6) is -2.75. The van der Waals surface area contributed by atoms with E-state index in [1.807, 2.05) is 41.3 Å². The second kappa shape index (κ2) is 11.6. The third-order valence-electron chi connectivity index (χ3n) is 7.49. The summed E-state index contributed by atoms with van der Waals surface area (Å²) >= 11 is 6.24. The normalized spacial score (nSPS) is 19.4. The van der Waals surface area contributed by atoms with Crippen molar-refractivity contribution in [1.82, 2.24) is 4.90 Å². The lowest BCUT2D eigenvalue weighted by atomic mass is 9.82. The molecule has 1 amide bonds. The van der Waals surface area contributed by atoms with Gasteiger partial charge in [0.25, 0.3) is 0 Å². The van der Waals surface area contributed by atoms with Crippen LogP contribution < -0.4 is 4.90 Å². The van der Waals surface area contributed by atoms with E-state index in [-0.39, 0.29) is 18.4 Å². The predicted octanol–water partition coefficient (Wildman–Crippen LogP) is 6.90. The number of unbranched alkanes of at least 4 members (excludes halogenated alkanes) is 1. The van der Waals surface area contributed by atoms with Gasteiger partial charge in [-0.05, 0) is 66.1 Å². The van der Waals surface area contributed by atoms with Crippen LogP contribution in [0.1, 0.15) is 42.9 Å². The fourth-order valence-corrected chi connectivity index (χ4v) is 5.81. The molecule has 1 aliphatic heterocycles. The minimum absolute atomic E-state index is 0.00645. The Kier molecular flexibility index (Phi) is 8.00. The largest absolute Gasteiger partial charge is 0.481 e. The number of carboxylic acid groups (broad SMARTS) is 1. The highest BCUT2D eigenvalue weighted by molar-refractivity contribution is 6.30. The van der Waals surface area contributed by atoms with E-state index in [1.165, 1.54) is 12.1 Å². The van der Waals surface area contributed by atoms with E-state index in [2.05, 4.69) is 6.92 Å². The third kappa shape index (κ3) is 5.70. The van der Waals surface area contributed by atoms with Crippen molar-refractivity contribution in [3.63, 3.8) is 0 Å². The van der Waals surface area contributed by atoms with Crippen molar-refractivity contribution in [1.29, 1.82) is 0 Å². The number of amides is 1. The number of hydrogen-bond donors (Lipinski definition) is 1. The van der Waals surface area contributed by atoms with Crippen molar-refractivity contribution in [2.24, 2.45) is 5.92 Å². The summed E-state index contributed by atoms with van der Waals surface area (Å²) in [7, 11) is 0. The molecule has 0 unspecified atom stereocenters. The zero-order valence-corrected chi connectivity index (χ0v) is 22.4. The van der Waals surface area contributed by atoms with E-state index in [0.717, 1.165) is 29.4 Å². The number of benzene rings is 3. The van der Waals surface area contributed by atoms with Gasteiger partial charge in [-0.15, -0.1) is 0 Å². The number of carbonyl (C=O) groups is 2. The van der Waals surface area contributed by atoms with Crippen LogP contribution in [-0.4, -0.2) is 41.5 Å². The number of rotatable bonds is 9. The molecule has 0 saturated carbocycles. The average Bonchev–Trinajstić information content (AvgIpc) is 3.54. The molecule has 0 radical (unpaired) electrons. The highest BCUT2D eigenvalue weighted by Crippen LogP contribution is 2.46. The van der Waals surface area contributed by atoms with Crippen LogP contribution in [0.3, 0.4) is 0 Å². The monoisotopic (exact) mass is 548 g/mol. The van der Waals surface area contributed by atoms with E-state index >= 15 is 0 Å². The van der Waals surface area contributed by atoms with E-state index in [0.29, 0.717) is 29.4 Å². The van der Waals surface area contributed by atoms with Gasteiger partial charge >= 0.3 is 5.97 Å². The lowest BCUT2D eigenvalue weighted by molar-refractivity contribution is -0.143. The number of hydrogen-bond acceptors (Lipinski definition) is 4. The molecular weight excluding hydrogens is 519 g/mol. The molecule has 1 saturated heterocycles. The molecule has 3 aromatic carbocycles.